The summed E-state index contributed by atoms with van der Waals surface area (Å²) in [5.74, 6) is -0.207. The number of carbonyl (C=O) groups excluding carboxylic acids is 1. The van der Waals surface area contributed by atoms with Crippen molar-refractivity contribution in [2.45, 2.75) is 6.42 Å². The number of nitrogens with one attached hydrogen (secondary N) is 1. The van der Waals surface area contributed by atoms with Crippen molar-refractivity contribution in [1.29, 1.82) is 0 Å². The summed E-state index contributed by atoms with van der Waals surface area (Å²) in [7, 11) is 1.47. The largest absolute Gasteiger partial charge is 0.467 e. The minimum atomic E-state index is -0.207. The molecule has 0 fully saturated rings. The van der Waals surface area contributed by atoms with Gasteiger partial charge in [-0.15, -0.1) is 0 Å². The molecule has 104 valence electrons. The van der Waals surface area contributed by atoms with E-state index in [4.69, 9.17) is 16.3 Å². The number of methoxy groups -OCH3 is 1. The smallest absolute Gasteiger partial charge is 0.316 e. The fourth-order valence-corrected chi connectivity index (χ4v) is 1.74. The average Bonchev–Trinajstić information content (AvgIpc) is 2.49. The van der Waals surface area contributed by atoms with Gasteiger partial charge in [0.1, 0.15) is 0 Å². The molecule has 0 radical (unpaired) electrons. The van der Waals surface area contributed by atoms with Crippen molar-refractivity contribution in [3.05, 3.63) is 52.8 Å². The van der Waals surface area contributed by atoms with Crippen LogP contribution in [0.2, 0.25) is 5.02 Å². The van der Waals surface area contributed by atoms with Crippen LogP contribution >= 0.6 is 11.6 Å². The Hall–Kier alpha value is -2.14. The first kappa shape index (κ1) is 14.3. The maximum absolute atomic E-state index is 11.8. The number of aromatic nitrogens is 2. The van der Waals surface area contributed by atoms with E-state index in [2.05, 4.69) is 15.3 Å². The topological polar surface area (TPSA) is 64.1 Å². The van der Waals surface area contributed by atoms with E-state index in [0.29, 0.717) is 17.1 Å². The van der Waals surface area contributed by atoms with E-state index in [1.165, 1.54) is 19.5 Å². The summed E-state index contributed by atoms with van der Waals surface area (Å²) in [6, 6.07) is 7.77. The summed E-state index contributed by atoms with van der Waals surface area (Å²) in [6.07, 6.45) is 3.60. The molecule has 1 aromatic heterocycles. The number of ether oxygens (including phenoxy) is 1. The Balaban J connectivity index is 1.83. The SMILES string of the molecule is COc1ncc(C(=O)NCCc2ccc(Cl)cc2)cn1. The molecule has 0 aliphatic heterocycles. The van der Waals surface area contributed by atoms with E-state index in [9.17, 15) is 4.79 Å². The number of hydrogen-bond donors (Lipinski definition) is 1. The van der Waals surface area contributed by atoms with Crippen LogP contribution in [0, 0.1) is 0 Å². The Labute approximate surface area is 122 Å². The van der Waals surface area contributed by atoms with E-state index in [1.54, 1.807) is 0 Å². The highest BCUT2D eigenvalue weighted by molar-refractivity contribution is 6.30. The van der Waals surface area contributed by atoms with Gasteiger partial charge in [0.2, 0.25) is 0 Å². The van der Waals surface area contributed by atoms with Crippen LogP contribution in [0.4, 0.5) is 0 Å². The molecule has 2 rings (SSSR count). The summed E-state index contributed by atoms with van der Waals surface area (Å²) >= 11 is 5.81. The molecule has 0 atom stereocenters. The second-order valence-corrected chi connectivity index (χ2v) is 4.53. The van der Waals surface area contributed by atoms with E-state index in [0.717, 1.165) is 12.0 Å². The van der Waals surface area contributed by atoms with Gasteiger partial charge in [-0.3, -0.25) is 4.79 Å². The van der Waals surface area contributed by atoms with E-state index in [-0.39, 0.29) is 11.9 Å². The van der Waals surface area contributed by atoms with Crippen LogP contribution in [-0.2, 0) is 6.42 Å². The Morgan fingerprint density at radius 2 is 1.90 bits per heavy atom. The Morgan fingerprint density at radius 3 is 2.50 bits per heavy atom. The van der Waals surface area contributed by atoms with Crippen molar-refractivity contribution in [2.75, 3.05) is 13.7 Å². The lowest BCUT2D eigenvalue weighted by atomic mass is 10.1. The summed E-state index contributed by atoms with van der Waals surface area (Å²) in [5, 5.41) is 3.51. The maximum atomic E-state index is 11.8. The van der Waals surface area contributed by atoms with Crippen LogP contribution in [0.5, 0.6) is 6.01 Å². The predicted octanol–water partition coefficient (Wildman–Crippen LogP) is 2.11. The molecule has 1 amide bonds. The zero-order valence-corrected chi connectivity index (χ0v) is 11.7. The molecule has 0 unspecified atom stereocenters. The second-order valence-electron chi connectivity index (χ2n) is 4.09. The molecule has 20 heavy (non-hydrogen) atoms. The van der Waals surface area contributed by atoms with E-state index >= 15 is 0 Å². The standard InChI is InChI=1S/C14H14ClN3O2/c1-20-14-17-8-11(9-18-14)13(19)16-7-6-10-2-4-12(15)5-3-10/h2-5,8-9H,6-7H2,1H3,(H,16,19). The van der Waals surface area contributed by atoms with Gasteiger partial charge in [0.05, 0.1) is 12.7 Å². The predicted molar refractivity (Wildman–Crippen MR) is 76.1 cm³/mol. The fourth-order valence-electron chi connectivity index (χ4n) is 1.61. The van der Waals surface area contributed by atoms with E-state index in [1.807, 2.05) is 24.3 Å². The third kappa shape index (κ3) is 3.93. The summed E-state index contributed by atoms with van der Waals surface area (Å²) < 4.78 is 4.83. The Kier molecular flexibility index (Phi) is 4.90. The Morgan fingerprint density at radius 1 is 1.25 bits per heavy atom. The lowest BCUT2D eigenvalue weighted by Crippen LogP contribution is -2.26. The van der Waals surface area contributed by atoms with Crippen molar-refractivity contribution in [3.63, 3.8) is 0 Å². The van der Waals surface area contributed by atoms with Crippen molar-refractivity contribution in [1.82, 2.24) is 15.3 Å². The van der Waals surface area contributed by atoms with Crippen LogP contribution in [0.15, 0.2) is 36.7 Å². The third-order valence-corrected chi connectivity index (χ3v) is 2.94. The van der Waals surface area contributed by atoms with Crippen molar-refractivity contribution < 1.29 is 9.53 Å². The van der Waals surface area contributed by atoms with Crippen LogP contribution in [-0.4, -0.2) is 29.5 Å². The summed E-state index contributed by atoms with van der Waals surface area (Å²) in [6.45, 7) is 0.534. The first-order valence-electron chi connectivity index (χ1n) is 6.07. The van der Waals surface area contributed by atoms with Gasteiger partial charge >= 0.3 is 6.01 Å². The monoisotopic (exact) mass is 291 g/mol. The van der Waals surface area contributed by atoms with Gasteiger partial charge in [-0.2, -0.15) is 0 Å². The van der Waals surface area contributed by atoms with Gasteiger partial charge in [-0.1, -0.05) is 23.7 Å². The lowest BCUT2D eigenvalue weighted by Gasteiger charge is -2.05. The molecule has 0 saturated heterocycles. The minimum Gasteiger partial charge on any atom is -0.467 e. The molecule has 1 heterocycles. The van der Waals surface area contributed by atoms with Gasteiger partial charge in [0.25, 0.3) is 5.91 Å². The van der Waals surface area contributed by atoms with Crippen LogP contribution in [0.3, 0.4) is 0 Å². The number of amides is 1. The first-order chi connectivity index (χ1) is 9.69. The zero-order chi connectivity index (χ0) is 14.4. The van der Waals surface area contributed by atoms with Gasteiger partial charge in [-0.05, 0) is 24.1 Å². The summed E-state index contributed by atoms with van der Waals surface area (Å²) in [4.78, 5) is 19.6. The number of benzene rings is 1. The van der Waals surface area contributed by atoms with Crippen molar-refractivity contribution in [2.24, 2.45) is 0 Å². The molecule has 5 nitrogen and oxygen atoms in total. The normalized spacial score (nSPS) is 10.1. The second kappa shape index (κ2) is 6.86. The fraction of sp³-hybridized carbons (Fsp3) is 0.214. The molecular formula is C14H14ClN3O2. The van der Waals surface area contributed by atoms with Gasteiger partial charge in [-0.25, -0.2) is 9.97 Å². The highest BCUT2D eigenvalue weighted by atomic mass is 35.5. The molecule has 0 spiro atoms. The number of hydrogen-bond acceptors (Lipinski definition) is 4. The Bertz CT molecular complexity index is 570. The van der Waals surface area contributed by atoms with Gasteiger partial charge in [0, 0.05) is 24.0 Å². The molecule has 0 saturated carbocycles. The highest BCUT2D eigenvalue weighted by Crippen LogP contribution is 2.09. The molecule has 0 aliphatic carbocycles. The van der Waals surface area contributed by atoms with Gasteiger partial charge in [0.15, 0.2) is 0 Å². The van der Waals surface area contributed by atoms with Gasteiger partial charge < -0.3 is 10.1 Å². The molecule has 2 aromatic rings. The summed E-state index contributed by atoms with van der Waals surface area (Å²) in [5.41, 5.74) is 1.52. The lowest BCUT2D eigenvalue weighted by molar-refractivity contribution is 0.0953. The number of carbonyl (C=O) groups is 1. The molecule has 0 bridgehead atoms. The minimum absolute atomic E-state index is 0.207. The molecule has 1 N–H and O–H groups in total. The van der Waals surface area contributed by atoms with Crippen LogP contribution < -0.4 is 10.1 Å². The first-order valence-corrected chi connectivity index (χ1v) is 6.45. The molecule has 0 aliphatic rings. The number of nitrogens with zero attached hydrogens (tertiary/aromatic N) is 2. The molecule has 1 aromatic carbocycles. The average molecular weight is 292 g/mol. The highest BCUT2D eigenvalue weighted by Gasteiger charge is 2.06. The molecular weight excluding hydrogens is 278 g/mol. The van der Waals surface area contributed by atoms with Crippen molar-refractivity contribution in [3.8, 4) is 6.01 Å². The number of halogens is 1. The maximum Gasteiger partial charge on any atom is 0.316 e. The molecule has 6 heteroatoms. The van der Waals surface area contributed by atoms with Crippen LogP contribution in [0.1, 0.15) is 15.9 Å². The van der Waals surface area contributed by atoms with E-state index < -0.39 is 0 Å². The van der Waals surface area contributed by atoms with Crippen LogP contribution in [0.25, 0.3) is 0 Å². The number of rotatable bonds is 5. The third-order valence-electron chi connectivity index (χ3n) is 2.69. The van der Waals surface area contributed by atoms with Crippen molar-refractivity contribution >= 4 is 17.5 Å². The zero-order valence-electron chi connectivity index (χ0n) is 11.0. The quantitative estimate of drug-likeness (QED) is 0.916.